The molecule has 3 rings (SSSR count). The molecule has 3 aromatic rings. The molecule has 2 aromatic carbocycles. The number of rotatable bonds is 5. The summed E-state index contributed by atoms with van der Waals surface area (Å²) < 4.78 is 40.6. The van der Waals surface area contributed by atoms with Gasteiger partial charge in [-0.1, -0.05) is 24.3 Å². The Labute approximate surface area is 163 Å². The van der Waals surface area contributed by atoms with Crippen molar-refractivity contribution in [3.8, 4) is 10.4 Å². The number of nitrogens with one attached hydrogen (secondary N) is 2. The van der Waals surface area contributed by atoms with Crippen molar-refractivity contribution < 1.29 is 22.8 Å². The summed E-state index contributed by atoms with van der Waals surface area (Å²) in [5, 5.41) is 4.88. The lowest BCUT2D eigenvalue weighted by molar-refractivity contribution is -0.122. The van der Waals surface area contributed by atoms with Gasteiger partial charge in [-0.15, -0.1) is 11.3 Å². The van der Waals surface area contributed by atoms with E-state index in [4.69, 9.17) is 0 Å². The van der Waals surface area contributed by atoms with Gasteiger partial charge in [0.1, 0.15) is 11.9 Å². The smallest absolute Gasteiger partial charge is 0.262 e. The highest BCUT2D eigenvalue weighted by Gasteiger charge is 2.24. The number of benzene rings is 2. The van der Waals surface area contributed by atoms with Gasteiger partial charge in [-0.3, -0.25) is 9.59 Å². The molecule has 0 aliphatic rings. The summed E-state index contributed by atoms with van der Waals surface area (Å²) in [6.45, 7) is 0. The average molecular weight is 404 g/mol. The first-order valence-corrected chi connectivity index (χ1v) is 9.04. The van der Waals surface area contributed by atoms with Gasteiger partial charge < -0.3 is 10.6 Å². The van der Waals surface area contributed by atoms with Crippen molar-refractivity contribution in [2.24, 2.45) is 0 Å². The molecule has 4 nitrogen and oxygen atoms in total. The van der Waals surface area contributed by atoms with E-state index in [1.165, 1.54) is 25.2 Å². The summed E-state index contributed by atoms with van der Waals surface area (Å²) in [5.74, 6) is -3.78. The minimum absolute atomic E-state index is 0.0949. The highest BCUT2D eigenvalue weighted by molar-refractivity contribution is 7.17. The van der Waals surface area contributed by atoms with Crippen molar-refractivity contribution in [2.45, 2.75) is 6.04 Å². The Morgan fingerprint density at radius 1 is 0.929 bits per heavy atom. The molecule has 2 amide bonds. The third-order valence-electron chi connectivity index (χ3n) is 4.03. The number of hydrogen-bond acceptors (Lipinski definition) is 3. The van der Waals surface area contributed by atoms with E-state index >= 15 is 0 Å². The number of hydrogen-bond donors (Lipinski definition) is 2. The number of halogens is 3. The Morgan fingerprint density at radius 2 is 1.68 bits per heavy atom. The Kier molecular flexibility index (Phi) is 5.79. The zero-order valence-electron chi connectivity index (χ0n) is 14.6. The third kappa shape index (κ3) is 4.07. The number of carbonyl (C=O) groups excluding carboxylic acids is 2. The first-order chi connectivity index (χ1) is 13.4. The number of carbonyl (C=O) groups is 2. The summed E-state index contributed by atoms with van der Waals surface area (Å²) >= 11 is 1.05. The quantitative estimate of drug-likeness (QED) is 0.674. The lowest BCUT2D eigenvalue weighted by Gasteiger charge is -2.17. The second kappa shape index (κ2) is 8.26. The minimum Gasteiger partial charge on any atom is -0.357 e. The number of likely N-dealkylation sites (N-methyl/N-ethyl adjacent to an activating group) is 1. The fourth-order valence-corrected chi connectivity index (χ4v) is 3.54. The maximum Gasteiger partial charge on any atom is 0.262 e. The fraction of sp³-hybridized carbons (Fsp3) is 0.100. The third-order valence-corrected chi connectivity index (χ3v) is 5.15. The van der Waals surface area contributed by atoms with Gasteiger partial charge in [0.05, 0.1) is 4.88 Å². The maximum absolute atomic E-state index is 13.9. The molecule has 0 saturated heterocycles. The van der Waals surface area contributed by atoms with E-state index in [9.17, 15) is 22.8 Å². The van der Waals surface area contributed by atoms with Gasteiger partial charge in [0, 0.05) is 17.5 Å². The predicted molar refractivity (Wildman–Crippen MR) is 100 cm³/mol. The van der Waals surface area contributed by atoms with E-state index in [-0.39, 0.29) is 10.4 Å². The van der Waals surface area contributed by atoms with Crippen LogP contribution in [0.5, 0.6) is 0 Å². The Bertz CT molecular complexity index is 1040. The largest absolute Gasteiger partial charge is 0.357 e. The molecule has 0 bridgehead atoms. The summed E-state index contributed by atoms with van der Waals surface area (Å²) in [4.78, 5) is 25.5. The van der Waals surface area contributed by atoms with Crippen LogP contribution in [-0.4, -0.2) is 18.9 Å². The van der Waals surface area contributed by atoms with Gasteiger partial charge >= 0.3 is 0 Å². The van der Waals surface area contributed by atoms with Crippen LogP contribution in [0.25, 0.3) is 10.4 Å². The Balaban J connectivity index is 1.86. The minimum atomic E-state index is -1.22. The van der Waals surface area contributed by atoms with E-state index in [1.54, 1.807) is 24.3 Å². The Hall–Kier alpha value is -3.13. The molecule has 0 saturated carbocycles. The van der Waals surface area contributed by atoms with Crippen molar-refractivity contribution in [3.63, 3.8) is 0 Å². The maximum atomic E-state index is 13.9. The molecule has 1 aromatic heterocycles. The van der Waals surface area contributed by atoms with Crippen LogP contribution in [0.15, 0.2) is 54.6 Å². The normalized spacial score (nSPS) is 11.7. The topological polar surface area (TPSA) is 58.2 Å². The van der Waals surface area contributed by atoms with E-state index in [1.807, 2.05) is 0 Å². The highest BCUT2D eigenvalue weighted by atomic mass is 32.1. The van der Waals surface area contributed by atoms with Crippen LogP contribution in [0.2, 0.25) is 0 Å². The lowest BCUT2D eigenvalue weighted by atomic mass is 10.1. The second-order valence-corrected chi connectivity index (χ2v) is 6.92. The molecular formula is C20H15F3N2O2S. The number of thiophene rings is 1. The van der Waals surface area contributed by atoms with Gasteiger partial charge in [-0.25, -0.2) is 13.2 Å². The zero-order chi connectivity index (χ0) is 20.3. The lowest BCUT2D eigenvalue weighted by Crippen LogP contribution is -2.38. The van der Waals surface area contributed by atoms with Gasteiger partial charge in [-0.05, 0) is 35.9 Å². The van der Waals surface area contributed by atoms with E-state index in [0.29, 0.717) is 10.4 Å². The van der Waals surface area contributed by atoms with E-state index in [2.05, 4.69) is 10.6 Å². The second-order valence-electron chi connectivity index (χ2n) is 5.84. The van der Waals surface area contributed by atoms with Gasteiger partial charge in [0.2, 0.25) is 5.91 Å². The first kappa shape index (κ1) is 19.6. The molecule has 0 aliphatic carbocycles. The van der Waals surface area contributed by atoms with Crippen LogP contribution < -0.4 is 10.6 Å². The summed E-state index contributed by atoms with van der Waals surface area (Å²) in [6, 6.07) is 11.0. The van der Waals surface area contributed by atoms with E-state index < -0.39 is 35.3 Å². The molecular weight excluding hydrogens is 389 g/mol. The molecule has 0 fully saturated rings. The molecule has 28 heavy (non-hydrogen) atoms. The molecule has 0 radical (unpaired) electrons. The fourth-order valence-electron chi connectivity index (χ4n) is 2.60. The molecule has 2 N–H and O–H groups in total. The summed E-state index contributed by atoms with van der Waals surface area (Å²) in [6.07, 6.45) is 0. The van der Waals surface area contributed by atoms with E-state index in [0.717, 1.165) is 23.5 Å². The molecule has 0 aliphatic heterocycles. The van der Waals surface area contributed by atoms with Crippen LogP contribution in [0, 0.1) is 17.5 Å². The van der Waals surface area contributed by atoms with Gasteiger partial charge in [-0.2, -0.15) is 0 Å². The van der Waals surface area contributed by atoms with Crippen LogP contribution in [-0.2, 0) is 4.79 Å². The van der Waals surface area contributed by atoms with Crippen LogP contribution in [0.1, 0.15) is 21.3 Å². The monoisotopic (exact) mass is 404 g/mol. The van der Waals surface area contributed by atoms with Crippen LogP contribution in [0.3, 0.4) is 0 Å². The SMILES string of the molecule is CNC(=O)C(NC(=O)c1ccc(-c2ccccc2F)s1)c1ccc(F)c(F)c1. The summed E-state index contributed by atoms with van der Waals surface area (Å²) in [7, 11) is 1.36. The van der Waals surface area contributed by atoms with Crippen molar-refractivity contribution in [3.05, 3.63) is 82.5 Å². The summed E-state index contributed by atoms with van der Waals surface area (Å²) in [5.41, 5.74) is 0.451. The molecule has 1 atom stereocenters. The van der Waals surface area contributed by atoms with Crippen molar-refractivity contribution in [1.82, 2.24) is 10.6 Å². The molecule has 144 valence electrons. The number of amides is 2. The Morgan fingerprint density at radius 3 is 2.36 bits per heavy atom. The highest BCUT2D eigenvalue weighted by Crippen LogP contribution is 2.30. The van der Waals surface area contributed by atoms with Crippen molar-refractivity contribution in [2.75, 3.05) is 7.05 Å². The van der Waals surface area contributed by atoms with Crippen molar-refractivity contribution >= 4 is 23.2 Å². The standard InChI is InChI=1S/C20H15F3N2O2S/c1-24-20(27)18(11-6-7-14(22)15(23)10-11)25-19(26)17-9-8-16(28-17)12-4-2-3-5-13(12)21/h2-10,18H,1H3,(H,24,27)(H,25,26). The van der Waals surface area contributed by atoms with Crippen LogP contribution in [0.4, 0.5) is 13.2 Å². The first-order valence-electron chi connectivity index (χ1n) is 8.23. The van der Waals surface area contributed by atoms with Gasteiger partial charge in [0.15, 0.2) is 11.6 Å². The molecule has 8 heteroatoms. The molecule has 0 spiro atoms. The van der Waals surface area contributed by atoms with Crippen molar-refractivity contribution in [1.29, 1.82) is 0 Å². The molecule has 1 unspecified atom stereocenters. The van der Waals surface area contributed by atoms with Gasteiger partial charge in [0.25, 0.3) is 5.91 Å². The molecule has 1 heterocycles. The predicted octanol–water partition coefficient (Wildman–Crippen LogP) is 4.05. The average Bonchev–Trinajstić information content (AvgIpc) is 3.18. The zero-order valence-corrected chi connectivity index (χ0v) is 15.4. The van der Waals surface area contributed by atoms with Crippen LogP contribution >= 0.6 is 11.3 Å².